The number of hydrogen-bond donors (Lipinski definition) is 2. The lowest BCUT2D eigenvalue weighted by molar-refractivity contribution is -0.135. The molecule has 1 amide bonds. The zero-order valence-corrected chi connectivity index (χ0v) is 16.0. The molecule has 5 nitrogen and oxygen atoms in total. The smallest absolute Gasteiger partial charge is 0.241 e. The molecule has 0 saturated carbocycles. The second-order valence-electron chi connectivity index (χ2n) is 7.24. The van der Waals surface area contributed by atoms with Crippen molar-refractivity contribution >= 4 is 17.5 Å². The highest BCUT2D eigenvalue weighted by molar-refractivity contribution is 6.31. The Balaban J connectivity index is 1.29. The van der Waals surface area contributed by atoms with Gasteiger partial charge < -0.3 is 4.90 Å². The van der Waals surface area contributed by atoms with Crippen LogP contribution < -0.4 is 10.9 Å². The number of hydrazine groups is 1. The van der Waals surface area contributed by atoms with Crippen LogP contribution in [0.2, 0.25) is 5.02 Å². The largest absolute Gasteiger partial charge is 0.339 e. The van der Waals surface area contributed by atoms with Gasteiger partial charge in [0.05, 0.1) is 0 Å². The van der Waals surface area contributed by atoms with Gasteiger partial charge in [-0.15, -0.1) is 0 Å². The molecule has 0 aromatic heterocycles. The Morgan fingerprint density at radius 1 is 0.963 bits per heavy atom. The second kappa shape index (κ2) is 8.40. The maximum atomic E-state index is 12.9. The summed E-state index contributed by atoms with van der Waals surface area (Å²) in [6.07, 6.45) is 0.715. The molecule has 2 saturated heterocycles. The van der Waals surface area contributed by atoms with E-state index in [4.69, 9.17) is 11.6 Å². The zero-order chi connectivity index (χ0) is 18.6. The first-order valence-corrected chi connectivity index (χ1v) is 9.89. The summed E-state index contributed by atoms with van der Waals surface area (Å²) in [5.74, 6) is 0.177. The number of amides is 1. The maximum Gasteiger partial charge on any atom is 0.241 e. The standard InChI is InChI=1S/C21H25ClN4O/c22-18-9-5-4-8-17(18)19-14-20(24-23-19)21(27)26-12-10-25(11-13-26)15-16-6-2-1-3-7-16/h1-9,19-20,23-24H,10-15H2. The van der Waals surface area contributed by atoms with Gasteiger partial charge in [-0.25, -0.2) is 10.9 Å². The molecule has 0 aliphatic carbocycles. The average Bonchev–Trinajstić information content (AvgIpc) is 3.19. The van der Waals surface area contributed by atoms with Crippen LogP contribution in [0, 0.1) is 0 Å². The summed E-state index contributed by atoms with van der Waals surface area (Å²) in [6, 6.07) is 18.2. The number of carbonyl (C=O) groups excluding carboxylic acids is 1. The summed E-state index contributed by atoms with van der Waals surface area (Å²) >= 11 is 6.29. The Bertz CT molecular complexity index is 777. The SMILES string of the molecule is O=C(C1CC(c2ccccc2Cl)NN1)N1CCN(Cc2ccccc2)CC1. The van der Waals surface area contributed by atoms with Crippen LogP contribution in [0.1, 0.15) is 23.6 Å². The van der Waals surface area contributed by atoms with Crippen molar-refractivity contribution in [3.05, 3.63) is 70.7 Å². The summed E-state index contributed by atoms with van der Waals surface area (Å²) in [7, 11) is 0. The molecule has 0 bridgehead atoms. The third-order valence-electron chi connectivity index (χ3n) is 5.41. The van der Waals surface area contributed by atoms with Gasteiger partial charge in [0.25, 0.3) is 0 Å². The minimum Gasteiger partial charge on any atom is -0.339 e. The average molecular weight is 385 g/mol. The predicted molar refractivity (Wildman–Crippen MR) is 107 cm³/mol. The van der Waals surface area contributed by atoms with E-state index in [0.717, 1.165) is 43.3 Å². The Kier molecular flexibility index (Phi) is 5.74. The van der Waals surface area contributed by atoms with E-state index in [1.165, 1.54) is 5.56 Å². The molecule has 27 heavy (non-hydrogen) atoms. The molecule has 2 atom stereocenters. The number of benzene rings is 2. The number of piperazine rings is 1. The van der Waals surface area contributed by atoms with E-state index < -0.39 is 0 Å². The maximum absolute atomic E-state index is 12.9. The van der Waals surface area contributed by atoms with Crippen molar-refractivity contribution in [2.24, 2.45) is 0 Å². The van der Waals surface area contributed by atoms with E-state index in [2.05, 4.69) is 40.0 Å². The lowest BCUT2D eigenvalue weighted by atomic mass is 10.0. The molecule has 142 valence electrons. The minimum atomic E-state index is -0.202. The number of halogens is 1. The molecule has 6 heteroatoms. The minimum absolute atomic E-state index is 0.0621. The summed E-state index contributed by atoms with van der Waals surface area (Å²) in [5, 5.41) is 0.736. The van der Waals surface area contributed by atoms with Gasteiger partial charge in [-0.05, 0) is 23.6 Å². The summed E-state index contributed by atoms with van der Waals surface area (Å²) < 4.78 is 0. The van der Waals surface area contributed by atoms with Crippen LogP contribution in [0.15, 0.2) is 54.6 Å². The first-order chi connectivity index (χ1) is 13.2. The van der Waals surface area contributed by atoms with Gasteiger partial charge in [0.1, 0.15) is 6.04 Å². The summed E-state index contributed by atoms with van der Waals surface area (Å²) in [4.78, 5) is 17.3. The molecule has 4 rings (SSSR count). The highest BCUT2D eigenvalue weighted by Crippen LogP contribution is 2.28. The van der Waals surface area contributed by atoms with Gasteiger partial charge in [0.15, 0.2) is 0 Å². The first kappa shape index (κ1) is 18.4. The van der Waals surface area contributed by atoms with Gasteiger partial charge in [-0.1, -0.05) is 60.1 Å². The van der Waals surface area contributed by atoms with Crippen molar-refractivity contribution in [3.8, 4) is 0 Å². The van der Waals surface area contributed by atoms with Crippen LogP contribution in [0.5, 0.6) is 0 Å². The fraction of sp³-hybridized carbons (Fsp3) is 0.381. The number of carbonyl (C=O) groups is 1. The number of nitrogens with zero attached hydrogens (tertiary/aromatic N) is 2. The van der Waals surface area contributed by atoms with Crippen LogP contribution in [0.25, 0.3) is 0 Å². The van der Waals surface area contributed by atoms with Crippen LogP contribution in [0.3, 0.4) is 0 Å². The quantitative estimate of drug-likeness (QED) is 0.850. The number of rotatable bonds is 4. The van der Waals surface area contributed by atoms with Gasteiger partial charge in [-0.2, -0.15) is 0 Å². The predicted octanol–water partition coefficient (Wildman–Crippen LogP) is 2.59. The van der Waals surface area contributed by atoms with E-state index in [1.807, 2.05) is 35.2 Å². The van der Waals surface area contributed by atoms with Gasteiger partial charge >= 0.3 is 0 Å². The highest BCUT2D eigenvalue weighted by Gasteiger charge is 2.34. The molecule has 2 heterocycles. The topological polar surface area (TPSA) is 47.6 Å². The fourth-order valence-electron chi connectivity index (χ4n) is 3.87. The van der Waals surface area contributed by atoms with E-state index in [0.29, 0.717) is 6.42 Å². The Morgan fingerprint density at radius 3 is 2.41 bits per heavy atom. The second-order valence-corrected chi connectivity index (χ2v) is 7.65. The van der Waals surface area contributed by atoms with Crippen molar-refractivity contribution in [2.45, 2.75) is 25.0 Å². The molecule has 2 aliphatic rings. The van der Waals surface area contributed by atoms with Crippen molar-refractivity contribution < 1.29 is 4.79 Å². The summed E-state index contributed by atoms with van der Waals surface area (Å²) in [6.45, 7) is 4.32. The van der Waals surface area contributed by atoms with E-state index in [-0.39, 0.29) is 18.0 Å². The lowest BCUT2D eigenvalue weighted by Gasteiger charge is -2.35. The molecule has 2 aromatic carbocycles. The van der Waals surface area contributed by atoms with Crippen molar-refractivity contribution in [2.75, 3.05) is 26.2 Å². The molecule has 2 unspecified atom stereocenters. The normalized spacial score (nSPS) is 23.5. The molecule has 0 radical (unpaired) electrons. The van der Waals surface area contributed by atoms with E-state index in [1.54, 1.807) is 0 Å². The van der Waals surface area contributed by atoms with E-state index >= 15 is 0 Å². The van der Waals surface area contributed by atoms with Gasteiger partial charge in [-0.3, -0.25) is 9.69 Å². The molecular weight excluding hydrogens is 360 g/mol. The van der Waals surface area contributed by atoms with Crippen LogP contribution in [-0.4, -0.2) is 47.9 Å². The molecular formula is C21H25ClN4O. The molecule has 0 spiro atoms. The third-order valence-corrected chi connectivity index (χ3v) is 5.76. The lowest BCUT2D eigenvalue weighted by Crippen LogP contribution is -2.53. The molecule has 2 fully saturated rings. The van der Waals surface area contributed by atoms with Crippen LogP contribution in [0.4, 0.5) is 0 Å². The van der Waals surface area contributed by atoms with Crippen molar-refractivity contribution in [1.29, 1.82) is 0 Å². The number of nitrogens with one attached hydrogen (secondary N) is 2. The highest BCUT2D eigenvalue weighted by atomic mass is 35.5. The van der Waals surface area contributed by atoms with Crippen LogP contribution in [-0.2, 0) is 11.3 Å². The molecule has 2 aliphatic heterocycles. The van der Waals surface area contributed by atoms with E-state index in [9.17, 15) is 4.79 Å². The molecule has 2 aromatic rings. The Morgan fingerprint density at radius 2 is 1.67 bits per heavy atom. The Labute approximate surface area is 165 Å². The van der Waals surface area contributed by atoms with Gasteiger partial charge in [0, 0.05) is 43.8 Å². The zero-order valence-electron chi connectivity index (χ0n) is 15.3. The fourth-order valence-corrected chi connectivity index (χ4v) is 4.14. The third kappa shape index (κ3) is 4.33. The van der Waals surface area contributed by atoms with Crippen molar-refractivity contribution in [3.63, 3.8) is 0 Å². The first-order valence-electron chi connectivity index (χ1n) is 9.51. The van der Waals surface area contributed by atoms with Crippen LogP contribution >= 0.6 is 11.6 Å². The molecule has 2 N–H and O–H groups in total. The Hall–Kier alpha value is -1.92. The van der Waals surface area contributed by atoms with Crippen molar-refractivity contribution in [1.82, 2.24) is 20.7 Å². The monoisotopic (exact) mass is 384 g/mol. The van der Waals surface area contributed by atoms with Gasteiger partial charge in [0.2, 0.25) is 5.91 Å². The number of hydrogen-bond acceptors (Lipinski definition) is 4. The summed E-state index contributed by atoms with van der Waals surface area (Å²) in [5.41, 5.74) is 8.76.